The van der Waals surface area contributed by atoms with Crippen molar-refractivity contribution < 1.29 is 12.8 Å². The minimum absolute atomic E-state index is 0.167. The maximum atomic E-state index is 13.3. The van der Waals surface area contributed by atoms with E-state index < -0.39 is 15.8 Å². The number of anilines is 1. The van der Waals surface area contributed by atoms with Gasteiger partial charge in [0.15, 0.2) is 5.82 Å². The Morgan fingerprint density at radius 2 is 2.10 bits per heavy atom. The van der Waals surface area contributed by atoms with E-state index in [1.54, 1.807) is 6.07 Å². The van der Waals surface area contributed by atoms with Crippen molar-refractivity contribution in [2.24, 2.45) is 0 Å². The van der Waals surface area contributed by atoms with Crippen LogP contribution in [0, 0.1) is 12.7 Å². The van der Waals surface area contributed by atoms with Crippen molar-refractivity contribution in [3.8, 4) is 0 Å². The van der Waals surface area contributed by atoms with Crippen LogP contribution in [0.3, 0.4) is 0 Å². The van der Waals surface area contributed by atoms with Gasteiger partial charge in [0, 0.05) is 11.8 Å². The van der Waals surface area contributed by atoms with Gasteiger partial charge in [0.2, 0.25) is 0 Å². The molecule has 2 rings (SSSR count). The quantitative estimate of drug-likeness (QED) is 0.910. The summed E-state index contributed by atoms with van der Waals surface area (Å²) in [5.74, 6) is -0.387. The first-order valence-electron chi connectivity index (χ1n) is 5.86. The smallest absolute Gasteiger partial charge is 0.264 e. The molecule has 0 aliphatic carbocycles. The van der Waals surface area contributed by atoms with E-state index in [1.165, 1.54) is 13.0 Å². The molecule has 0 fully saturated rings. The van der Waals surface area contributed by atoms with Gasteiger partial charge in [-0.25, -0.2) is 12.8 Å². The number of hydrogen-bond donors (Lipinski definition) is 2. The molecule has 0 saturated heterocycles. The third-order valence-corrected chi connectivity index (χ3v) is 4.57. The first kappa shape index (κ1) is 14.8. The molecule has 0 spiro atoms. The highest BCUT2D eigenvalue weighted by Crippen LogP contribution is 2.26. The number of rotatable bonds is 4. The summed E-state index contributed by atoms with van der Waals surface area (Å²) in [6.07, 6.45) is 0.700. The van der Waals surface area contributed by atoms with E-state index >= 15 is 0 Å². The summed E-state index contributed by atoms with van der Waals surface area (Å²) in [5, 5.41) is 6.36. The van der Waals surface area contributed by atoms with Crippen LogP contribution in [0.25, 0.3) is 0 Å². The van der Waals surface area contributed by atoms with Crippen molar-refractivity contribution in [1.29, 1.82) is 0 Å². The van der Waals surface area contributed by atoms with Gasteiger partial charge in [-0.15, -0.1) is 0 Å². The fourth-order valence-electron chi connectivity index (χ4n) is 1.62. The molecule has 0 aliphatic rings. The standard InChI is InChI=1S/C12H13ClFN3O2S/c1-3-8-5-12(16-15-8)17-20(18,19)11-4-7(2)10(14)6-9(11)13/h4-6H,3H2,1-2H3,(H2,15,16,17). The molecule has 1 heterocycles. The average Bonchev–Trinajstić information content (AvgIpc) is 2.80. The lowest BCUT2D eigenvalue weighted by Gasteiger charge is -2.08. The Morgan fingerprint density at radius 1 is 1.40 bits per heavy atom. The summed E-state index contributed by atoms with van der Waals surface area (Å²) in [5.41, 5.74) is 0.995. The number of aromatic nitrogens is 2. The number of nitrogens with zero attached hydrogens (tertiary/aromatic N) is 1. The summed E-state index contributed by atoms with van der Waals surface area (Å²) in [6.45, 7) is 3.38. The third-order valence-electron chi connectivity index (χ3n) is 2.75. The molecule has 20 heavy (non-hydrogen) atoms. The van der Waals surface area contributed by atoms with Crippen molar-refractivity contribution in [1.82, 2.24) is 10.2 Å². The van der Waals surface area contributed by atoms with Crippen LogP contribution in [0.2, 0.25) is 5.02 Å². The molecular weight excluding hydrogens is 305 g/mol. The minimum atomic E-state index is -3.91. The van der Waals surface area contributed by atoms with Gasteiger partial charge in [-0.3, -0.25) is 9.82 Å². The molecule has 2 N–H and O–H groups in total. The van der Waals surface area contributed by atoms with Crippen LogP contribution in [-0.2, 0) is 16.4 Å². The molecule has 8 heteroatoms. The molecule has 0 saturated carbocycles. The monoisotopic (exact) mass is 317 g/mol. The molecule has 0 bridgehead atoms. The van der Waals surface area contributed by atoms with Crippen molar-refractivity contribution in [3.05, 3.63) is 40.3 Å². The average molecular weight is 318 g/mol. The summed E-state index contributed by atoms with van der Waals surface area (Å²) in [7, 11) is -3.91. The maximum Gasteiger partial charge on any atom is 0.264 e. The number of aromatic amines is 1. The molecule has 1 aromatic heterocycles. The summed E-state index contributed by atoms with van der Waals surface area (Å²) in [4.78, 5) is -0.181. The Labute approximate surface area is 121 Å². The van der Waals surface area contributed by atoms with E-state index in [2.05, 4.69) is 14.9 Å². The van der Waals surface area contributed by atoms with Crippen LogP contribution in [-0.4, -0.2) is 18.6 Å². The fourth-order valence-corrected chi connectivity index (χ4v) is 3.22. The van der Waals surface area contributed by atoms with Crippen molar-refractivity contribution >= 4 is 27.4 Å². The van der Waals surface area contributed by atoms with Gasteiger partial charge in [-0.05, 0) is 31.0 Å². The van der Waals surface area contributed by atoms with Gasteiger partial charge in [-0.1, -0.05) is 18.5 Å². The summed E-state index contributed by atoms with van der Waals surface area (Å²) in [6, 6.07) is 3.75. The number of aryl methyl sites for hydroxylation is 2. The molecular formula is C12H13ClFN3O2S. The van der Waals surface area contributed by atoms with Crippen molar-refractivity contribution in [2.45, 2.75) is 25.2 Å². The van der Waals surface area contributed by atoms with Gasteiger partial charge in [0.05, 0.1) is 5.02 Å². The summed E-state index contributed by atoms with van der Waals surface area (Å²) < 4.78 is 40.0. The first-order chi connectivity index (χ1) is 9.33. The Morgan fingerprint density at radius 3 is 2.70 bits per heavy atom. The predicted octanol–water partition coefficient (Wildman–Crippen LogP) is 2.87. The van der Waals surface area contributed by atoms with Gasteiger partial charge in [-0.2, -0.15) is 5.10 Å². The number of halogens is 2. The second-order valence-corrected chi connectivity index (χ2v) is 6.33. The minimum Gasteiger partial charge on any atom is -0.280 e. The van der Waals surface area contributed by atoms with Crippen LogP contribution in [0.1, 0.15) is 18.2 Å². The van der Waals surface area contributed by atoms with E-state index in [4.69, 9.17) is 11.6 Å². The molecule has 0 atom stereocenters. The van der Waals surface area contributed by atoms with E-state index in [0.29, 0.717) is 6.42 Å². The topological polar surface area (TPSA) is 74.8 Å². The SMILES string of the molecule is CCc1cc(NS(=O)(=O)c2cc(C)c(F)cc2Cl)n[nH]1. The molecule has 0 amide bonds. The highest BCUT2D eigenvalue weighted by molar-refractivity contribution is 7.92. The molecule has 1 aromatic carbocycles. The van der Waals surface area contributed by atoms with Crippen molar-refractivity contribution in [2.75, 3.05) is 4.72 Å². The van der Waals surface area contributed by atoms with Crippen molar-refractivity contribution in [3.63, 3.8) is 0 Å². The lowest BCUT2D eigenvalue weighted by Crippen LogP contribution is -2.14. The maximum absolute atomic E-state index is 13.3. The summed E-state index contributed by atoms with van der Waals surface area (Å²) >= 11 is 5.80. The lowest BCUT2D eigenvalue weighted by atomic mass is 10.2. The number of H-pyrrole nitrogens is 1. The number of nitrogens with one attached hydrogen (secondary N) is 2. The second kappa shape index (κ2) is 5.41. The highest BCUT2D eigenvalue weighted by Gasteiger charge is 2.21. The second-order valence-electron chi connectivity index (χ2n) is 4.27. The molecule has 108 valence electrons. The third kappa shape index (κ3) is 2.94. The Hall–Kier alpha value is -1.60. The normalized spacial score (nSPS) is 11.6. The number of sulfonamides is 1. The Bertz CT molecular complexity index is 743. The molecule has 0 unspecified atom stereocenters. The molecule has 2 aromatic rings. The molecule has 0 aliphatic heterocycles. The Balaban J connectivity index is 2.37. The zero-order valence-corrected chi connectivity index (χ0v) is 12.4. The number of hydrogen-bond acceptors (Lipinski definition) is 3. The van der Waals surface area contributed by atoms with Gasteiger partial charge in [0.25, 0.3) is 10.0 Å². The van der Waals surface area contributed by atoms with E-state index in [0.717, 1.165) is 11.8 Å². The van der Waals surface area contributed by atoms with E-state index in [-0.39, 0.29) is 21.3 Å². The molecule has 0 radical (unpaired) electrons. The van der Waals surface area contributed by atoms with Gasteiger partial charge >= 0.3 is 0 Å². The van der Waals surface area contributed by atoms with Crippen LogP contribution < -0.4 is 4.72 Å². The zero-order chi connectivity index (χ0) is 14.9. The molecule has 5 nitrogen and oxygen atoms in total. The zero-order valence-electron chi connectivity index (χ0n) is 10.9. The van der Waals surface area contributed by atoms with Gasteiger partial charge < -0.3 is 0 Å². The lowest BCUT2D eigenvalue weighted by molar-refractivity contribution is 0.598. The largest absolute Gasteiger partial charge is 0.280 e. The highest BCUT2D eigenvalue weighted by atomic mass is 35.5. The van der Waals surface area contributed by atoms with E-state index in [9.17, 15) is 12.8 Å². The predicted molar refractivity (Wildman–Crippen MR) is 74.9 cm³/mol. The van der Waals surface area contributed by atoms with Crippen LogP contribution in [0.4, 0.5) is 10.2 Å². The van der Waals surface area contributed by atoms with Gasteiger partial charge in [0.1, 0.15) is 10.7 Å². The van der Waals surface area contributed by atoms with Crippen LogP contribution >= 0.6 is 11.6 Å². The fraction of sp³-hybridized carbons (Fsp3) is 0.250. The van der Waals surface area contributed by atoms with E-state index in [1.807, 2.05) is 6.92 Å². The Kier molecular flexibility index (Phi) is 4.01. The van der Waals surface area contributed by atoms with Crippen LogP contribution in [0.15, 0.2) is 23.1 Å². The van der Waals surface area contributed by atoms with Crippen LogP contribution in [0.5, 0.6) is 0 Å². The number of benzene rings is 1. The first-order valence-corrected chi connectivity index (χ1v) is 7.72.